The van der Waals surface area contributed by atoms with E-state index in [9.17, 15) is 14.4 Å². The number of pyridine rings is 1. The molecule has 32 heavy (non-hydrogen) atoms. The molecule has 0 aliphatic carbocycles. The number of imide groups is 1. The van der Waals surface area contributed by atoms with Gasteiger partial charge in [-0.15, -0.1) is 0 Å². The van der Waals surface area contributed by atoms with Gasteiger partial charge in [-0.3, -0.25) is 25.1 Å². The molecule has 3 rings (SSSR count). The Morgan fingerprint density at radius 3 is 2.12 bits per heavy atom. The van der Waals surface area contributed by atoms with Crippen LogP contribution < -0.4 is 10.8 Å². The Morgan fingerprint density at radius 2 is 1.50 bits per heavy atom. The number of rotatable bonds is 7. The second-order valence-corrected chi connectivity index (χ2v) is 6.89. The fourth-order valence-corrected chi connectivity index (χ4v) is 2.91. The summed E-state index contributed by atoms with van der Waals surface area (Å²) in [5.41, 5.74) is 4.38. The van der Waals surface area contributed by atoms with Crippen LogP contribution in [0.25, 0.3) is 6.08 Å². The normalized spacial score (nSPS) is 10.5. The van der Waals surface area contributed by atoms with E-state index in [0.717, 1.165) is 16.7 Å². The summed E-state index contributed by atoms with van der Waals surface area (Å²) >= 11 is 0. The van der Waals surface area contributed by atoms with E-state index < -0.39 is 17.8 Å². The molecular weight excluding hydrogens is 408 g/mol. The van der Waals surface area contributed by atoms with Crippen LogP contribution >= 0.6 is 0 Å². The molecule has 4 amide bonds. The van der Waals surface area contributed by atoms with Crippen LogP contribution in [0.2, 0.25) is 0 Å². The van der Waals surface area contributed by atoms with Gasteiger partial charge in [0.2, 0.25) is 0 Å². The molecular formula is C24H22N4O4. The van der Waals surface area contributed by atoms with Crippen LogP contribution in [0.4, 0.5) is 4.79 Å². The summed E-state index contributed by atoms with van der Waals surface area (Å²) in [7, 11) is 0. The zero-order chi connectivity index (χ0) is 22.8. The second-order valence-electron chi connectivity index (χ2n) is 6.89. The standard InChI is InChI=1S/C24H22N4O4/c29-22(27-32)11-10-18-6-8-19(9-7-18)16-28(17-20-12-14-25-15-13-20)24(31)26-23(30)21-4-2-1-3-5-21/h1-15,32H,16-17H2,(H,27,29)(H,26,30,31)/b11-10+. The lowest BCUT2D eigenvalue weighted by Gasteiger charge is -2.23. The van der Waals surface area contributed by atoms with Crippen molar-refractivity contribution in [3.63, 3.8) is 0 Å². The maximum absolute atomic E-state index is 12.9. The van der Waals surface area contributed by atoms with Crippen molar-refractivity contribution in [2.24, 2.45) is 0 Å². The van der Waals surface area contributed by atoms with E-state index in [-0.39, 0.29) is 13.1 Å². The number of carbonyl (C=O) groups excluding carboxylic acids is 3. The number of urea groups is 1. The molecule has 1 aromatic heterocycles. The molecule has 0 spiro atoms. The lowest BCUT2D eigenvalue weighted by atomic mass is 10.1. The average molecular weight is 430 g/mol. The molecule has 0 radical (unpaired) electrons. The first kappa shape index (κ1) is 22.4. The Hall–Kier alpha value is -4.30. The number of hydrogen-bond donors (Lipinski definition) is 3. The van der Waals surface area contributed by atoms with E-state index in [2.05, 4.69) is 10.3 Å². The van der Waals surface area contributed by atoms with Crippen molar-refractivity contribution >= 4 is 23.9 Å². The highest BCUT2D eigenvalue weighted by Crippen LogP contribution is 2.13. The monoisotopic (exact) mass is 430 g/mol. The van der Waals surface area contributed by atoms with Crippen molar-refractivity contribution in [3.05, 3.63) is 107 Å². The van der Waals surface area contributed by atoms with Gasteiger partial charge < -0.3 is 4.90 Å². The Kier molecular flexibility index (Phi) is 7.83. The Labute approximate surface area is 185 Å². The molecule has 0 unspecified atom stereocenters. The largest absolute Gasteiger partial charge is 0.324 e. The van der Waals surface area contributed by atoms with E-state index in [0.29, 0.717) is 5.56 Å². The van der Waals surface area contributed by atoms with Crippen molar-refractivity contribution in [1.82, 2.24) is 20.7 Å². The van der Waals surface area contributed by atoms with Gasteiger partial charge in [-0.2, -0.15) is 0 Å². The fourth-order valence-electron chi connectivity index (χ4n) is 2.91. The summed E-state index contributed by atoms with van der Waals surface area (Å²) in [5, 5.41) is 11.0. The Morgan fingerprint density at radius 1 is 0.875 bits per heavy atom. The molecule has 0 saturated carbocycles. The van der Waals surface area contributed by atoms with Gasteiger partial charge in [-0.05, 0) is 47.0 Å². The van der Waals surface area contributed by atoms with Crippen LogP contribution in [0.1, 0.15) is 27.0 Å². The van der Waals surface area contributed by atoms with Gasteiger partial charge in [-0.1, -0.05) is 42.5 Å². The van der Waals surface area contributed by atoms with E-state index in [4.69, 9.17) is 5.21 Å². The van der Waals surface area contributed by atoms with Gasteiger partial charge in [0.05, 0.1) is 0 Å². The summed E-state index contributed by atoms with van der Waals surface area (Å²) in [6.45, 7) is 0.548. The minimum atomic E-state index is -0.627. The smallest absolute Gasteiger partial charge is 0.316 e. The molecule has 0 aliphatic rings. The minimum Gasteiger partial charge on any atom is -0.316 e. The number of nitrogens with one attached hydrogen (secondary N) is 2. The first-order valence-electron chi connectivity index (χ1n) is 9.80. The molecule has 0 atom stereocenters. The third kappa shape index (κ3) is 6.61. The third-order valence-electron chi connectivity index (χ3n) is 4.56. The zero-order valence-corrected chi connectivity index (χ0v) is 17.1. The highest BCUT2D eigenvalue weighted by molar-refractivity contribution is 6.04. The molecule has 0 fully saturated rings. The van der Waals surface area contributed by atoms with Crippen molar-refractivity contribution in [2.45, 2.75) is 13.1 Å². The Bertz CT molecular complexity index is 1080. The third-order valence-corrected chi connectivity index (χ3v) is 4.56. The van der Waals surface area contributed by atoms with E-state index in [1.165, 1.54) is 16.5 Å². The first-order chi connectivity index (χ1) is 15.5. The van der Waals surface area contributed by atoms with Crippen LogP contribution in [-0.2, 0) is 17.9 Å². The van der Waals surface area contributed by atoms with Gasteiger partial charge in [0.1, 0.15) is 0 Å². The van der Waals surface area contributed by atoms with Crippen LogP contribution in [0, 0.1) is 0 Å². The Balaban J connectivity index is 1.74. The molecule has 0 saturated heterocycles. The second kappa shape index (κ2) is 11.2. The van der Waals surface area contributed by atoms with Gasteiger partial charge in [0.25, 0.3) is 11.8 Å². The molecule has 1 heterocycles. The van der Waals surface area contributed by atoms with Gasteiger partial charge >= 0.3 is 6.03 Å². The summed E-state index contributed by atoms with van der Waals surface area (Å²) in [4.78, 5) is 42.0. The summed E-state index contributed by atoms with van der Waals surface area (Å²) in [6, 6.07) is 18.8. The maximum Gasteiger partial charge on any atom is 0.324 e. The number of nitrogens with zero attached hydrogens (tertiary/aromatic N) is 2. The molecule has 3 aromatic rings. The average Bonchev–Trinajstić information content (AvgIpc) is 2.84. The molecule has 162 valence electrons. The van der Waals surface area contributed by atoms with Crippen molar-refractivity contribution < 1.29 is 19.6 Å². The summed E-state index contributed by atoms with van der Waals surface area (Å²) in [6.07, 6.45) is 6.04. The number of hydrogen-bond acceptors (Lipinski definition) is 5. The molecule has 8 heteroatoms. The van der Waals surface area contributed by atoms with Gasteiger partial charge in [0, 0.05) is 37.1 Å². The zero-order valence-electron chi connectivity index (χ0n) is 17.1. The molecule has 8 nitrogen and oxygen atoms in total. The molecule has 0 aliphatic heterocycles. The highest BCUT2D eigenvalue weighted by atomic mass is 16.5. The van der Waals surface area contributed by atoms with Crippen LogP contribution in [0.5, 0.6) is 0 Å². The van der Waals surface area contributed by atoms with Crippen LogP contribution in [0.15, 0.2) is 85.2 Å². The molecule has 0 bridgehead atoms. The number of hydroxylamine groups is 1. The predicted molar refractivity (Wildman–Crippen MR) is 118 cm³/mol. The van der Waals surface area contributed by atoms with E-state index in [1.54, 1.807) is 73.1 Å². The summed E-state index contributed by atoms with van der Waals surface area (Å²) < 4.78 is 0. The minimum absolute atomic E-state index is 0.261. The SMILES string of the molecule is O=C(/C=C/c1ccc(CN(Cc2ccncc2)C(=O)NC(=O)c2ccccc2)cc1)NO. The molecule has 3 N–H and O–H groups in total. The number of carbonyl (C=O) groups is 3. The van der Waals surface area contributed by atoms with Crippen LogP contribution in [0.3, 0.4) is 0 Å². The number of benzene rings is 2. The van der Waals surface area contributed by atoms with E-state index in [1.807, 2.05) is 12.1 Å². The maximum atomic E-state index is 12.9. The van der Waals surface area contributed by atoms with Crippen molar-refractivity contribution in [2.75, 3.05) is 0 Å². The van der Waals surface area contributed by atoms with Gasteiger partial charge in [-0.25, -0.2) is 10.3 Å². The van der Waals surface area contributed by atoms with Crippen molar-refractivity contribution in [3.8, 4) is 0 Å². The predicted octanol–water partition coefficient (Wildman–Crippen LogP) is 3.15. The quantitative estimate of drug-likeness (QED) is 0.303. The van der Waals surface area contributed by atoms with Crippen molar-refractivity contribution in [1.29, 1.82) is 0 Å². The molecule has 2 aromatic carbocycles. The fraction of sp³-hybridized carbons (Fsp3) is 0.0833. The van der Waals surface area contributed by atoms with E-state index >= 15 is 0 Å². The number of aromatic nitrogens is 1. The lowest BCUT2D eigenvalue weighted by molar-refractivity contribution is -0.124. The summed E-state index contributed by atoms with van der Waals surface area (Å²) in [5.74, 6) is -1.10. The van der Waals surface area contributed by atoms with Crippen LogP contribution in [-0.4, -0.2) is 32.9 Å². The van der Waals surface area contributed by atoms with Gasteiger partial charge in [0.15, 0.2) is 0 Å². The number of amides is 4. The highest BCUT2D eigenvalue weighted by Gasteiger charge is 2.18. The first-order valence-corrected chi connectivity index (χ1v) is 9.80. The topological polar surface area (TPSA) is 112 Å². The lowest BCUT2D eigenvalue weighted by Crippen LogP contribution is -2.42.